The minimum absolute atomic E-state index is 0.126. The highest BCUT2D eigenvalue weighted by molar-refractivity contribution is 5.99. The van der Waals surface area contributed by atoms with Crippen LogP contribution in [0.5, 0.6) is 0 Å². The average Bonchev–Trinajstić information content (AvgIpc) is 2.54. The summed E-state index contributed by atoms with van der Waals surface area (Å²) in [5.41, 5.74) is 2.16. The third-order valence-corrected chi connectivity index (χ3v) is 4.15. The second kappa shape index (κ2) is 5.96. The van der Waals surface area contributed by atoms with E-state index in [1.165, 1.54) is 5.56 Å². The highest BCUT2D eigenvalue weighted by atomic mass is 16.1. The van der Waals surface area contributed by atoms with Crippen molar-refractivity contribution >= 4 is 16.6 Å². The molecule has 0 spiro atoms. The van der Waals surface area contributed by atoms with Crippen molar-refractivity contribution in [3.63, 3.8) is 0 Å². The smallest absolute Gasteiger partial charge is 0.227 e. The van der Waals surface area contributed by atoms with Crippen LogP contribution in [-0.4, -0.2) is 5.78 Å². The van der Waals surface area contributed by atoms with Gasteiger partial charge in [0.2, 0.25) is 12.3 Å². The molecule has 0 aliphatic heterocycles. The Morgan fingerprint density at radius 1 is 0.913 bits per heavy atom. The molecule has 2 nitrogen and oxygen atoms in total. The Morgan fingerprint density at radius 3 is 2.22 bits per heavy atom. The van der Waals surface area contributed by atoms with Gasteiger partial charge in [-0.15, -0.1) is 0 Å². The van der Waals surface area contributed by atoms with E-state index in [0.717, 1.165) is 16.3 Å². The fourth-order valence-electron chi connectivity index (χ4n) is 2.68. The Bertz CT molecular complexity index is 842. The number of rotatable bonds is 3. The number of carbonyl (C=O) groups is 1. The summed E-state index contributed by atoms with van der Waals surface area (Å²) in [6.45, 7) is 6.93. The summed E-state index contributed by atoms with van der Waals surface area (Å²) < 4.78 is 1.94. The molecule has 3 rings (SSSR count). The second-order valence-corrected chi connectivity index (χ2v) is 6.99. The maximum absolute atomic E-state index is 12.5. The van der Waals surface area contributed by atoms with E-state index in [-0.39, 0.29) is 11.2 Å². The molecule has 0 fully saturated rings. The molecule has 2 aromatic carbocycles. The standard InChI is InChI=1S/C21H22NO/c1-21(2,3)19-10-12-22(13-11-19)15-20(23)18-9-8-16-6-4-5-7-17(16)14-18/h4-14H,15H2,1-3H3/q+1. The maximum Gasteiger partial charge on any atom is 0.227 e. The van der Waals surface area contributed by atoms with Crippen LogP contribution in [0.2, 0.25) is 0 Å². The summed E-state index contributed by atoms with van der Waals surface area (Å²) in [7, 11) is 0. The first-order valence-electron chi connectivity index (χ1n) is 7.95. The number of aromatic nitrogens is 1. The summed E-state index contributed by atoms with van der Waals surface area (Å²) in [5.74, 6) is 0.129. The maximum atomic E-state index is 12.5. The van der Waals surface area contributed by atoms with E-state index in [2.05, 4.69) is 39.0 Å². The van der Waals surface area contributed by atoms with Crippen molar-refractivity contribution in [1.82, 2.24) is 0 Å². The van der Waals surface area contributed by atoms with E-state index in [9.17, 15) is 4.79 Å². The van der Waals surface area contributed by atoms with Gasteiger partial charge in [-0.3, -0.25) is 4.79 Å². The van der Waals surface area contributed by atoms with Gasteiger partial charge in [0.05, 0.1) is 0 Å². The van der Waals surface area contributed by atoms with Gasteiger partial charge in [-0.2, -0.15) is 4.57 Å². The second-order valence-electron chi connectivity index (χ2n) is 6.99. The van der Waals surface area contributed by atoms with Gasteiger partial charge in [-0.25, -0.2) is 0 Å². The zero-order valence-electron chi connectivity index (χ0n) is 13.9. The van der Waals surface area contributed by atoms with Crippen LogP contribution in [0.3, 0.4) is 0 Å². The van der Waals surface area contributed by atoms with Gasteiger partial charge in [0.15, 0.2) is 12.4 Å². The topological polar surface area (TPSA) is 20.9 Å². The summed E-state index contributed by atoms with van der Waals surface area (Å²) in [6.07, 6.45) is 3.97. The molecule has 2 heteroatoms. The first-order valence-corrected chi connectivity index (χ1v) is 7.95. The first kappa shape index (κ1) is 15.4. The first-order chi connectivity index (χ1) is 10.9. The van der Waals surface area contributed by atoms with Crippen LogP contribution >= 0.6 is 0 Å². The number of Topliss-reactive ketones (excluding diaryl/α,β-unsaturated/α-hetero) is 1. The summed E-state index contributed by atoms with van der Waals surface area (Å²) in [5, 5.41) is 2.26. The van der Waals surface area contributed by atoms with Crippen molar-refractivity contribution < 1.29 is 9.36 Å². The Labute approximate surface area is 137 Å². The Hall–Kier alpha value is -2.48. The third-order valence-electron chi connectivity index (χ3n) is 4.15. The molecule has 0 bridgehead atoms. The molecule has 0 unspecified atom stereocenters. The van der Waals surface area contributed by atoms with E-state index in [0.29, 0.717) is 6.54 Å². The zero-order valence-corrected chi connectivity index (χ0v) is 13.9. The lowest BCUT2D eigenvalue weighted by Crippen LogP contribution is -2.37. The molecule has 1 aromatic heterocycles. The van der Waals surface area contributed by atoms with Gasteiger partial charge < -0.3 is 0 Å². The number of benzene rings is 2. The van der Waals surface area contributed by atoms with Gasteiger partial charge in [0.1, 0.15) is 0 Å². The molecule has 23 heavy (non-hydrogen) atoms. The van der Waals surface area contributed by atoms with Crippen molar-refractivity contribution in [2.75, 3.05) is 0 Å². The van der Waals surface area contributed by atoms with E-state index in [1.54, 1.807) is 0 Å². The zero-order chi connectivity index (χ0) is 16.4. The molecule has 0 aliphatic carbocycles. The molecule has 0 N–H and O–H groups in total. The van der Waals surface area contributed by atoms with Crippen LogP contribution in [-0.2, 0) is 12.0 Å². The number of pyridine rings is 1. The van der Waals surface area contributed by atoms with Crippen molar-refractivity contribution in [2.45, 2.75) is 32.7 Å². The number of hydrogen-bond donors (Lipinski definition) is 0. The van der Waals surface area contributed by atoms with E-state index < -0.39 is 0 Å². The Balaban J connectivity index is 1.80. The SMILES string of the molecule is CC(C)(C)c1cc[n+](CC(=O)c2ccc3ccccc3c2)cc1. The summed E-state index contributed by atoms with van der Waals surface area (Å²) >= 11 is 0. The highest BCUT2D eigenvalue weighted by Crippen LogP contribution is 2.20. The van der Waals surface area contributed by atoms with Crippen molar-refractivity contribution in [1.29, 1.82) is 0 Å². The van der Waals surface area contributed by atoms with Gasteiger partial charge in [0.25, 0.3) is 0 Å². The summed E-state index contributed by atoms with van der Waals surface area (Å²) in [6, 6.07) is 18.2. The lowest BCUT2D eigenvalue weighted by molar-refractivity contribution is -0.683. The van der Waals surface area contributed by atoms with Crippen LogP contribution in [0.25, 0.3) is 10.8 Å². The molecule has 3 aromatic rings. The van der Waals surface area contributed by atoms with Crippen LogP contribution in [0, 0.1) is 0 Å². The van der Waals surface area contributed by atoms with Crippen LogP contribution in [0.4, 0.5) is 0 Å². The number of nitrogens with zero attached hydrogens (tertiary/aromatic N) is 1. The van der Waals surface area contributed by atoms with Crippen molar-refractivity contribution in [3.8, 4) is 0 Å². The lowest BCUT2D eigenvalue weighted by Gasteiger charge is -2.17. The molecule has 0 saturated carbocycles. The fraction of sp³-hybridized carbons (Fsp3) is 0.238. The predicted octanol–water partition coefficient (Wildman–Crippen LogP) is 4.31. The van der Waals surface area contributed by atoms with E-state index in [4.69, 9.17) is 0 Å². The van der Waals surface area contributed by atoms with Crippen LogP contribution in [0.1, 0.15) is 36.7 Å². The molecule has 0 radical (unpaired) electrons. The minimum Gasteiger partial charge on any atom is -0.287 e. The van der Waals surface area contributed by atoms with Gasteiger partial charge in [0, 0.05) is 17.7 Å². The molecular weight excluding hydrogens is 282 g/mol. The number of fused-ring (bicyclic) bond motifs is 1. The highest BCUT2D eigenvalue weighted by Gasteiger charge is 2.17. The predicted molar refractivity (Wildman–Crippen MR) is 93.6 cm³/mol. The lowest BCUT2D eigenvalue weighted by atomic mass is 9.88. The third kappa shape index (κ3) is 3.48. The summed E-state index contributed by atoms with van der Waals surface area (Å²) in [4.78, 5) is 12.5. The van der Waals surface area contributed by atoms with E-state index in [1.807, 2.05) is 53.4 Å². The van der Waals surface area contributed by atoms with Gasteiger partial charge >= 0.3 is 0 Å². The van der Waals surface area contributed by atoms with Crippen LogP contribution in [0.15, 0.2) is 67.0 Å². The van der Waals surface area contributed by atoms with Crippen molar-refractivity contribution in [3.05, 3.63) is 78.1 Å². The quantitative estimate of drug-likeness (QED) is 0.522. The number of carbonyl (C=O) groups excluding carboxylic acids is 1. The van der Waals surface area contributed by atoms with Gasteiger partial charge in [-0.1, -0.05) is 57.2 Å². The monoisotopic (exact) mass is 304 g/mol. The van der Waals surface area contributed by atoms with Crippen molar-refractivity contribution in [2.24, 2.45) is 0 Å². The Morgan fingerprint density at radius 2 is 1.57 bits per heavy atom. The average molecular weight is 304 g/mol. The fourth-order valence-corrected chi connectivity index (χ4v) is 2.68. The molecule has 0 atom stereocenters. The molecule has 0 amide bonds. The molecule has 0 aliphatic rings. The minimum atomic E-state index is 0.126. The number of hydrogen-bond acceptors (Lipinski definition) is 1. The molecule has 0 saturated heterocycles. The Kier molecular flexibility index (Phi) is 3.99. The molecule has 116 valence electrons. The van der Waals surface area contributed by atoms with Gasteiger partial charge in [-0.05, 0) is 27.8 Å². The normalized spacial score (nSPS) is 11.6. The number of ketones is 1. The van der Waals surface area contributed by atoms with E-state index >= 15 is 0 Å². The molecule has 1 heterocycles. The largest absolute Gasteiger partial charge is 0.287 e. The van der Waals surface area contributed by atoms with Crippen LogP contribution < -0.4 is 4.57 Å². The molecular formula is C21H22NO+.